The Labute approximate surface area is 131 Å². The maximum atomic E-state index is 6.14. The number of thioether (sulfide) groups is 1. The highest BCUT2D eigenvalue weighted by Crippen LogP contribution is 2.32. The quantitative estimate of drug-likeness (QED) is 0.607. The number of ether oxygens (including phenoxy) is 1. The lowest BCUT2D eigenvalue weighted by Gasteiger charge is -2.14. The van der Waals surface area contributed by atoms with Gasteiger partial charge in [-0.25, -0.2) is 0 Å². The zero-order chi connectivity index (χ0) is 15.1. The molecular formula is C17H22N2OS. The Morgan fingerprint density at radius 3 is 2.81 bits per heavy atom. The fourth-order valence-electron chi connectivity index (χ4n) is 2.01. The lowest BCUT2D eigenvalue weighted by atomic mass is 10.2. The molecule has 0 aliphatic heterocycles. The molecule has 0 amide bonds. The maximum Gasteiger partial charge on any atom is 0.140 e. The Hall–Kier alpha value is -1.52. The van der Waals surface area contributed by atoms with Gasteiger partial charge in [-0.2, -0.15) is 0 Å². The fraction of sp³-hybridized carbons (Fsp3) is 0.353. The molecule has 1 aromatic carbocycles. The average molecular weight is 302 g/mol. The van der Waals surface area contributed by atoms with E-state index in [-0.39, 0.29) is 0 Å². The van der Waals surface area contributed by atoms with Crippen LogP contribution in [0.3, 0.4) is 0 Å². The summed E-state index contributed by atoms with van der Waals surface area (Å²) >= 11 is 1.69. The second kappa shape index (κ2) is 8.05. The number of para-hydroxylation sites is 1. The van der Waals surface area contributed by atoms with Gasteiger partial charge in [0.1, 0.15) is 11.5 Å². The van der Waals surface area contributed by atoms with E-state index < -0.39 is 0 Å². The third kappa shape index (κ3) is 4.48. The monoisotopic (exact) mass is 302 g/mol. The molecule has 0 fully saturated rings. The molecule has 1 heterocycles. The zero-order valence-electron chi connectivity index (χ0n) is 12.8. The van der Waals surface area contributed by atoms with Crippen LogP contribution in [0.1, 0.15) is 24.6 Å². The molecule has 3 nitrogen and oxygen atoms in total. The Bertz CT molecular complexity index is 587. The smallest absolute Gasteiger partial charge is 0.140 e. The lowest BCUT2D eigenvalue weighted by Crippen LogP contribution is -2.14. The molecule has 0 unspecified atom stereocenters. The molecule has 0 aliphatic rings. The predicted molar refractivity (Wildman–Crippen MR) is 89.3 cm³/mol. The highest BCUT2D eigenvalue weighted by Gasteiger charge is 2.09. The highest BCUT2D eigenvalue weighted by molar-refractivity contribution is 7.98. The number of nitrogens with zero attached hydrogens (tertiary/aromatic N) is 1. The first-order chi connectivity index (χ1) is 10.2. The van der Waals surface area contributed by atoms with Crippen LogP contribution in [0.2, 0.25) is 0 Å². The minimum Gasteiger partial charge on any atom is -0.456 e. The van der Waals surface area contributed by atoms with Crippen molar-refractivity contribution in [3.63, 3.8) is 0 Å². The molecule has 2 aromatic rings. The van der Waals surface area contributed by atoms with Crippen molar-refractivity contribution < 1.29 is 4.74 Å². The molecule has 21 heavy (non-hydrogen) atoms. The van der Waals surface area contributed by atoms with Gasteiger partial charge in [-0.05, 0) is 38.3 Å². The Kier molecular flexibility index (Phi) is 6.08. The summed E-state index contributed by atoms with van der Waals surface area (Å²) < 4.78 is 6.14. The van der Waals surface area contributed by atoms with Gasteiger partial charge in [0.05, 0.1) is 0 Å². The number of benzene rings is 1. The SMILES string of the molecule is CCCNCc1cnc(C)cc1Oc1ccccc1SC. The van der Waals surface area contributed by atoms with E-state index in [2.05, 4.69) is 29.5 Å². The summed E-state index contributed by atoms with van der Waals surface area (Å²) in [6.45, 7) is 5.91. The minimum absolute atomic E-state index is 0.776. The topological polar surface area (TPSA) is 34.2 Å². The Morgan fingerprint density at radius 1 is 1.24 bits per heavy atom. The van der Waals surface area contributed by atoms with Crippen molar-refractivity contribution in [1.82, 2.24) is 10.3 Å². The third-order valence-corrected chi connectivity index (χ3v) is 3.89. The first kappa shape index (κ1) is 15.9. The van der Waals surface area contributed by atoms with Crippen molar-refractivity contribution in [2.45, 2.75) is 31.7 Å². The molecule has 2 rings (SSSR count). The first-order valence-corrected chi connectivity index (χ1v) is 8.44. The van der Waals surface area contributed by atoms with Gasteiger partial charge in [-0.1, -0.05) is 19.1 Å². The van der Waals surface area contributed by atoms with E-state index in [1.165, 1.54) is 0 Å². The molecule has 0 saturated carbocycles. The highest BCUT2D eigenvalue weighted by atomic mass is 32.2. The van der Waals surface area contributed by atoms with Crippen molar-refractivity contribution in [3.05, 3.63) is 47.8 Å². The molecule has 0 atom stereocenters. The molecule has 0 bridgehead atoms. The largest absolute Gasteiger partial charge is 0.456 e. The van der Waals surface area contributed by atoms with E-state index >= 15 is 0 Å². The van der Waals surface area contributed by atoms with Gasteiger partial charge in [0.15, 0.2) is 0 Å². The predicted octanol–water partition coefficient (Wildman–Crippen LogP) is 4.40. The Morgan fingerprint density at radius 2 is 2.05 bits per heavy atom. The van der Waals surface area contributed by atoms with E-state index in [0.717, 1.165) is 47.2 Å². The fourth-order valence-corrected chi connectivity index (χ4v) is 2.54. The van der Waals surface area contributed by atoms with Gasteiger partial charge in [-0.15, -0.1) is 11.8 Å². The van der Waals surface area contributed by atoms with Crippen LogP contribution in [-0.4, -0.2) is 17.8 Å². The van der Waals surface area contributed by atoms with Crippen molar-refractivity contribution in [2.24, 2.45) is 0 Å². The molecule has 0 spiro atoms. The van der Waals surface area contributed by atoms with Crippen LogP contribution in [-0.2, 0) is 6.54 Å². The summed E-state index contributed by atoms with van der Waals surface area (Å²) in [4.78, 5) is 5.52. The van der Waals surface area contributed by atoms with E-state index in [9.17, 15) is 0 Å². The van der Waals surface area contributed by atoms with E-state index in [1.54, 1.807) is 11.8 Å². The number of hydrogen-bond donors (Lipinski definition) is 1. The van der Waals surface area contributed by atoms with Crippen LogP contribution in [0.5, 0.6) is 11.5 Å². The van der Waals surface area contributed by atoms with Crippen molar-refractivity contribution >= 4 is 11.8 Å². The summed E-state index contributed by atoms with van der Waals surface area (Å²) in [6, 6.07) is 10.1. The standard InChI is InChI=1S/C17H22N2OS/c1-4-9-18-11-14-12-19-13(2)10-16(14)20-15-7-5-6-8-17(15)21-3/h5-8,10,12,18H,4,9,11H2,1-3H3. The number of pyridine rings is 1. The molecule has 0 saturated heterocycles. The van der Waals surface area contributed by atoms with Crippen LogP contribution in [0.15, 0.2) is 41.4 Å². The number of aromatic nitrogens is 1. The molecule has 4 heteroatoms. The van der Waals surface area contributed by atoms with Gasteiger partial charge >= 0.3 is 0 Å². The van der Waals surface area contributed by atoms with Crippen molar-refractivity contribution in [3.8, 4) is 11.5 Å². The van der Waals surface area contributed by atoms with E-state index in [0.29, 0.717) is 0 Å². The average Bonchev–Trinajstić information content (AvgIpc) is 2.50. The minimum atomic E-state index is 0.776. The lowest BCUT2D eigenvalue weighted by molar-refractivity contribution is 0.460. The summed E-state index contributed by atoms with van der Waals surface area (Å²) in [6.07, 6.45) is 5.07. The molecule has 1 N–H and O–H groups in total. The second-order valence-corrected chi connectivity index (χ2v) is 5.71. The van der Waals surface area contributed by atoms with E-state index in [4.69, 9.17) is 4.74 Å². The van der Waals surface area contributed by atoms with Gasteiger partial charge in [0.2, 0.25) is 0 Å². The van der Waals surface area contributed by atoms with Crippen LogP contribution in [0.4, 0.5) is 0 Å². The molecule has 0 aliphatic carbocycles. The second-order valence-electron chi connectivity index (χ2n) is 4.86. The van der Waals surface area contributed by atoms with E-state index in [1.807, 2.05) is 37.4 Å². The van der Waals surface area contributed by atoms with Gasteiger partial charge in [0.25, 0.3) is 0 Å². The number of nitrogens with one attached hydrogen (secondary N) is 1. The normalized spacial score (nSPS) is 10.6. The number of rotatable bonds is 7. The Balaban J connectivity index is 2.23. The molecular weight excluding hydrogens is 280 g/mol. The van der Waals surface area contributed by atoms with Crippen LogP contribution < -0.4 is 10.1 Å². The maximum absolute atomic E-state index is 6.14. The van der Waals surface area contributed by atoms with Gasteiger partial charge in [-0.3, -0.25) is 4.98 Å². The van der Waals surface area contributed by atoms with Crippen LogP contribution in [0, 0.1) is 6.92 Å². The third-order valence-electron chi connectivity index (χ3n) is 3.11. The summed E-state index contributed by atoms with van der Waals surface area (Å²) in [5.74, 6) is 1.78. The zero-order valence-corrected chi connectivity index (χ0v) is 13.7. The van der Waals surface area contributed by atoms with Crippen LogP contribution in [0.25, 0.3) is 0 Å². The summed E-state index contributed by atoms with van der Waals surface area (Å²) in [5, 5.41) is 3.40. The van der Waals surface area contributed by atoms with Gasteiger partial charge < -0.3 is 10.1 Å². The molecule has 0 radical (unpaired) electrons. The summed E-state index contributed by atoms with van der Waals surface area (Å²) in [5.41, 5.74) is 2.05. The molecule has 112 valence electrons. The van der Waals surface area contributed by atoms with Crippen LogP contribution >= 0.6 is 11.8 Å². The van der Waals surface area contributed by atoms with Crippen molar-refractivity contribution in [1.29, 1.82) is 0 Å². The summed E-state index contributed by atoms with van der Waals surface area (Å²) in [7, 11) is 0. The first-order valence-electron chi connectivity index (χ1n) is 7.21. The van der Waals surface area contributed by atoms with Crippen molar-refractivity contribution in [2.75, 3.05) is 12.8 Å². The number of hydrogen-bond acceptors (Lipinski definition) is 4. The van der Waals surface area contributed by atoms with Gasteiger partial charge in [0, 0.05) is 35.0 Å². The number of aryl methyl sites for hydroxylation is 1. The molecule has 1 aromatic heterocycles.